The second-order valence-electron chi connectivity index (χ2n) is 6.24. The molecule has 1 unspecified atom stereocenters. The van der Waals surface area contributed by atoms with Gasteiger partial charge in [0.1, 0.15) is 12.9 Å². The Kier molecular flexibility index (Phi) is 5.22. The van der Waals surface area contributed by atoms with Crippen molar-refractivity contribution < 1.29 is 9.59 Å². The summed E-state index contributed by atoms with van der Waals surface area (Å²) in [4.78, 5) is 30.3. The van der Waals surface area contributed by atoms with Crippen molar-refractivity contribution in [3.05, 3.63) is 6.33 Å². The fourth-order valence-electron chi connectivity index (χ4n) is 3.08. The molecule has 8 heteroatoms. The maximum Gasteiger partial charge on any atom is 0.248 e. The van der Waals surface area contributed by atoms with Crippen LogP contribution in [0, 0.1) is 5.92 Å². The number of nitrogens with zero attached hydrogens (tertiary/aromatic N) is 4. The van der Waals surface area contributed by atoms with E-state index in [1.165, 1.54) is 23.9 Å². The Balaban J connectivity index is 1.52. The molecule has 3 heterocycles. The monoisotopic (exact) mass is 320 g/mol. The second kappa shape index (κ2) is 7.54. The number of aromatic nitrogens is 3. The molecule has 0 radical (unpaired) electrons. The molecule has 0 spiro atoms. The van der Waals surface area contributed by atoms with Crippen molar-refractivity contribution in [2.75, 3.05) is 31.5 Å². The average Bonchev–Trinajstić information content (AvgIpc) is 3.14. The maximum atomic E-state index is 12.3. The van der Waals surface area contributed by atoms with Crippen LogP contribution in [0.15, 0.2) is 6.33 Å². The van der Waals surface area contributed by atoms with E-state index in [9.17, 15) is 9.59 Å². The summed E-state index contributed by atoms with van der Waals surface area (Å²) in [6, 6.07) is 0. The van der Waals surface area contributed by atoms with Gasteiger partial charge in [0.15, 0.2) is 0 Å². The minimum atomic E-state index is -0.0633. The zero-order chi connectivity index (χ0) is 16.1. The maximum absolute atomic E-state index is 12.3. The van der Waals surface area contributed by atoms with E-state index in [2.05, 4.69) is 20.7 Å². The number of amides is 2. The van der Waals surface area contributed by atoms with Gasteiger partial charge in [-0.05, 0) is 25.8 Å². The van der Waals surface area contributed by atoms with Crippen molar-refractivity contribution >= 4 is 17.8 Å². The molecule has 2 aliphatic rings. The number of carbonyl (C=O) groups excluding carboxylic acids is 2. The van der Waals surface area contributed by atoms with E-state index >= 15 is 0 Å². The minimum Gasteiger partial charge on any atom is -0.341 e. The molecule has 1 atom stereocenters. The number of hydrogen-bond donors (Lipinski definition) is 2. The summed E-state index contributed by atoms with van der Waals surface area (Å²) in [5.41, 5.74) is 0. The van der Waals surface area contributed by atoms with Gasteiger partial charge < -0.3 is 10.2 Å². The molecule has 3 rings (SSSR count). The average molecular weight is 320 g/mol. The molecule has 2 aliphatic heterocycles. The van der Waals surface area contributed by atoms with Crippen LogP contribution in [0.25, 0.3) is 0 Å². The lowest BCUT2D eigenvalue weighted by molar-refractivity contribution is -0.132. The highest BCUT2D eigenvalue weighted by Crippen LogP contribution is 2.11. The van der Waals surface area contributed by atoms with E-state index in [0.29, 0.717) is 6.54 Å². The molecule has 0 bridgehead atoms. The van der Waals surface area contributed by atoms with Crippen LogP contribution >= 0.6 is 0 Å². The molecule has 2 amide bonds. The van der Waals surface area contributed by atoms with Crippen molar-refractivity contribution in [1.29, 1.82) is 0 Å². The molecule has 0 aliphatic carbocycles. The van der Waals surface area contributed by atoms with Crippen LogP contribution in [0.3, 0.4) is 0 Å². The second-order valence-corrected chi connectivity index (χ2v) is 6.24. The first-order chi connectivity index (χ1) is 11.2. The van der Waals surface area contributed by atoms with Crippen molar-refractivity contribution in [1.82, 2.24) is 25.0 Å². The molecule has 126 valence electrons. The van der Waals surface area contributed by atoms with E-state index in [4.69, 9.17) is 0 Å². The van der Waals surface area contributed by atoms with Crippen LogP contribution in [0.1, 0.15) is 32.1 Å². The summed E-state index contributed by atoms with van der Waals surface area (Å²) in [6.07, 6.45) is 6.86. The molecule has 2 N–H and O–H groups in total. The van der Waals surface area contributed by atoms with Crippen LogP contribution < -0.4 is 10.6 Å². The highest BCUT2D eigenvalue weighted by atomic mass is 16.2. The lowest BCUT2D eigenvalue weighted by Crippen LogP contribution is -2.34. The first-order valence-electron chi connectivity index (χ1n) is 8.41. The normalized spacial score (nSPS) is 21.9. The van der Waals surface area contributed by atoms with E-state index in [1.54, 1.807) is 0 Å². The number of carbonyl (C=O) groups is 2. The van der Waals surface area contributed by atoms with Gasteiger partial charge in [0, 0.05) is 19.6 Å². The number of hydrogen-bond acceptors (Lipinski definition) is 5. The Hall–Kier alpha value is -1.96. The summed E-state index contributed by atoms with van der Waals surface area (Å²) in [7, 11) is 0. The number of anilines is 1. The Morgan fingerprint density at radius 2 is 2.04 bits per heavy atom. The smallest absolute Gasteiger partial charge is 0.248 e. The molecule has 8 nitrogen and oxygen atoms in total. The SMILES string of the molecule is O=C(Nc1ncn(CC(=O)N2CCCCCC2)n1)C1CCNC1. The molecule has 0 saturated carbocycles. The zero-order valence-corrected chi connectivity index (χ0v) is 13.3. The number of likely N-dealkylation sites (tertiary alicyclic amines) is 1. The molecule has 2 saturated heterocycles. The van der Waals surface area contributed by atoms with Gasteiger partial charge in [-0.3, -0.25) is 14.9 Å². The molecule has 23 heavy (non-hydrogen) atoms. The van der Waals surface area contributed by atoms with Crippen molar-refractivity contribution in [2.45, 2.75) is 38.6 Å². The van der Waals surface area contributed by atoms with Gasteiger partial charge in [-0.25, -0.2) is 9.67 Å². The van der Waals surface area contributed by atoms with Crippen LogP contribution in [-0.2, 0) is 16.1 Å². The highest BCUT2D eigenvalue weighted by Gasteiger charge is 2.23. The van der Waals surface area contributed by atoms with Crippen LogP contribution in [0.2, 0.25) is 0 Å². The first-order valence-corrected chi connectivity index (χ1v) is 8.41. The van der Waals surface area contributed by atoms with Crippen LogP contribution in [0.5, 0.6) is 0 Å². The fourth-order valence-corrected chi connectivity index (χ4v) is 3.08. The summed E-state index contributed by atoms with van der Waals surface area (Å²) >= 11 is 0. The lowest BCUT2D eigenvalue weighted by Gasteiger charge is -2.19. The third kappa shape index (κ3) is 4.28. The summed E-state index contributed by atoms with van der Waals surface area (Å²) in [5, 5.41) is 10.1. The molecule has 1 aromatic heterocycles. The third-order valence-electron chi connectivity index (χ3n) is 4.46. The summed E-state index contributed by atoms with van der Waals surface area (Å²) in [5.74, 6) is 0.243. The predicted molar refractivity (Wildman–Crippen MR) is 84.7 cm³/mol. The van der Waals surface area contributed by atoms with E-state index in [1.807, 2.05) is 4.90 Å². The standard InChI is InChI=1S/C15H24N6O2/c22-13(20-7-3-1-2-4-8-20)10-21-11-17-15(19-21)18-14(23)12-5-6-16-9-12/h11-12,16H,1-10H2,(H,18,19,23). The fraction of sp³-hybridized carbons (Fsp3) is 0.733. The summed E-state index contributed by atoms with van der Waals surface area (Å²) in [6.45, 7) is 3.38. The largest absolute Gasteiger partial charge is 0.341 e. The Morgan fingerprint density at radius 1 is 1.26 bits per heavy atom. The lowest BCUT2D eigenvalue weighted by atomic mass is 10.1. The van der Waals surface area contributed by atoms with Gasteiger partial charge in [-0.2, -0.15) is 0 Å². The highest BCUT2D eigenvalue weighted by molar-refractivity contribution is 5.91. The Labute approximate surface area is 135 Å². The molecule has 1 aromatic rings. The Morgan fingerprint density at radius 3 is 2.74 bits per heavy atom. The van der Waals surface area contributed by atoms with Crippen molar-refractivity contribution in [3.63, 3.8) is 0 Å². The van der Waals surface area contributed by atoms with E-state index in [-0.39, 0.29) is 30.2 Å². The van der Waals surface area contributed by atoms with Gasteiger partial charge in [0.25, 0.3) is 0 Å². The quantitative estimate of drug-likeness (QED) is 0.828. The Bertz CT molecular complexity index is 544. The minimum absolute atomic E-state index is 0.0271. The van der Waals surface area contributed by atoms with Gasteiger partial charge in [-0.1, -0.05) is 12.8 Å². The van der Waals surface area contributed by atoms with Crippen LogP contribution in [-0.4, -0.2) is 57.7 Å². The van der Waals surface area contributed by atoms with E-state index < -0.39 is 0 Å². The third-order valence-corrected chi connectivity index (χ3v) is 4.46. The van der Waals surface area contributed by atoms with Crippen LogP contribution in [0.4, 0.5) is 5.95 Å². The van der Waals surface area contributed by atoms with E-state index in [0.717, 1.165) is 38.9 Å². The van der Waals surface area contributed by atoms with Crippen molar-refractivity contribution in [2.24, 2.45) is 5.92 Å². The molecular formula is C15H24N6O2. The predicted octanol–water partition coefficient (Wildman–Crippen LogP) is 0.229. The first kappa shape index (κ1) is 15.9. The van der Waals surface area contributed by atoms with Gasteiger partial charge in [0.05, 0.1) is 5.92 Å². The van der Waals surface area contributed by atoms with Crippen molar-refractivity contribution in [3.8, 4) is 0 Å². The molecular weight excluding hydrogens is 296 g/mol. The van der Waals surface area contributed by atoms with Gasteiger partial charge >= 0.3 is 0 Å². The zero-order valence-electron chi connectivity index (χ0n) is 13.3. The number of nitrogens with one attached hydrogen (secondary N) is 2. The van der Waals surface area contributed by atoms with Gasteiger partial charge in [-0.15, -0.1) is 5.10 Å². The topological polar surface area (TPSA) is 92.2 Å². The van der Waals surface area contributed by atoms with Gasteiger partial charge in [0.2, 0.25) is 17.8 Å². The molecule has 0 aromatic carbocycles. The summed E-state index contributed by atoms with van der Waals surface area (Å²) < 4.78 is 1.50. The number of rotatable bonds is 4. The molecule has 2 fully saturated rings.